The molecular formula is C17H28N6S. The maximum atomic E-state index is 4.62. The molecular weight excluding hydrogens is 320 g/mol. The molecule has 24 heavy (non-hydrogen) atoms. The Morgan fingerprint density at radius 3 is 2.67 bits per heavy atom. The van der Waals surface area contributed by atoms with Crippen LogP contribution in [0.3, 0.4) is 0 Å². The normalized spacial score (nSPS) is 11.8. The highest BCUT2D eigenvalue weighted by Crippen LogP contribution is 2.15. The number of guanidine groups is 1. The summed E-state index contributed by atoms with van der Waals surface area (Å²) >= 11 is 1.71. The molecule has 0 atom stereocenters. The maximum absolute atomic E-state index is 4.62. The topological polar surface area (TPSA) is 67.1 Å². The van der Waals surface area contributed by atoms with Crippen molar-refractivity contribution >= 4 is 17.3 Å². The minimum Gasteiger partial charge on any atom is -0.356 e. The summed E-state index contributed by atoms with van der Waals surface area (Å²) in [5.41, 5.74) is 4.83. The van der Waals surface area contributed by atoms with Crippen LogP contribution in [0.1, 0.15) is 41.5 Å². The second-order valence-corrected chi connectivity index (χ2v) is 6.63. The molecule has 0 saturated carbocycles. The van der Waals surface area contributed by atoms with E-state index < -0.39 is 0 Å². The van der Waals surface area contributed by atoms with Crippen LogP contribution in [0.15, 0.2) is 10.4 Å². The van der Waals surface area contributed by atoms with Gasteiger partial charge in [0.15, 0.2) is 5.96 Å². The molecule has 0 radical (unpaired) electrons. The smallest absolute Gasteiger partial charge is 0.191 e. The molecule has 0 saturated heterocycles. The maximum Gasteiger partial charge on any atom is 0.191 e. The van der Waals surface area contributed by atoms with Crippen molar-refractivity contribution in [3.05, 3.63) is 33.0 Å². The standard InChI is InChI=1S/C17H28N6S/c1-6-14-13(15(7-2)23(5)22-14)10-20-17(18-4)19-9-8-16-21-12(3)11-24-16/h11H,6-10H2,1-5H3,(H2,18,19,20). The van der Waals surface area contributed by atoms with Crippen molar-refractivity contribution in [1.29, 1.82) is 0 Å². The van der Waals surface area contributed by atoms with Gasteiger partial charge in [-0.15, -0.1) is 11.3 Å². The minimum absolute atomic E-state index is 0.746. The first-order valence-electron chi connectivity index (χ1n) is 8.48. The number of aryl methyl sites for hydroxylation is 3. The van der Waals surface area contributed by atoms with Gasteiger partial charge in [-0.3, -0.25) is 9.67 Å². The second kappa shape index (κ2) is 8.82. The van der Waals surface area contributed by atoms with E-state index in [4.69, 9.17) is 0 Å². The van der Waals surface area contributed by atoms with Crippen LogP contribution in [0.5, 0.6) is 0 Å². The molecule has 0 aliphatic carbocycles. The van der Waals surface area contributed by atoms with Crippen molar-refractivity contribution in [1.82, 2.24) is 25.4 Å². The van der Waals surface area contributed by atoms with Gasteiger partial charge in [-0.05, 0) is 19.8 Å². The molecule has 7 heteroatoms. The number of hydrogen-bond acceptors (Lipinski definition) is 4. The number of nitrogens with one attached hydrogen (secondary N) is 2. The van der Waals surface area contributed by atoms with E-state index in [1.165, 1.54) is 11.3 Å². The Hall–Kier alpha value is -1.89. The number of hydrogen-bond donors (Lipinski definition) is 2. The largest absolute Gasteiger partial charge is 0.356 e. The van der Waals surface area contributed by atoms with E-state index in [1.807, 2.05) is 18.7 Å². The van der Waals surface area contributed by atoms with E-state index in [0.717, 1.165) is 54.7 Å². The van der Waals surface area contributed by atoms with Gasteiger partial charge in [0, 0.05) is 55.9 Å². The predicted octanol–water partition coefficient (Wildman–Crippen LogP) is 2.22. The summed E-state index contributed by atoms with van der Waals surface area (Å²) in [5.74, 6) is 0.816. The van der Waals surface area contributed by atoms with Crippen molar-refractivity contribution in [2.24, 2.45) is 12.0 Å². The lowest BCUT2D eigenvalue weighted by molar-refractivity contribution is 0.702. The molecule has 0 fully saturated rings. The van der Waals surface area contributed by atoms with E-state index in [1.54, 1.807) is 18.4 Å². The molecule has 2 heterocycles. The van der Waals surface area contributed by atoms with Crippen molar-refractivity contribution in [3.63, 3.8) is 0 Å². The Balaban J connectivity index is 1.89. The van der Waals surface area contributed by atoms with Gasteiger partial charge in [0.2, 0.25) is 0 Å². The van der Waals surface area contributed by atoms with Gasteiger partial charge < -0.3 is 10.6 Å². The molecule has 0 bridgehead atoms. The van der Waals surface area contributed by atoms with Gasteiger partial charge >= 0.3 is 0 Å². The predicted molar refractivity (Wildman–Crippen MR) is 101 cm³/mol. The first-order chi connectivity index (χ1) is 11.6. The zero-order valence-corrected chi connectivity index (χ0v) is 16.1. The lowest BCUT2D eigenvalue weighted by atomic mass is 10.1. The number of aliphatic imine (C=N–C) groups is 1. The third-order valence-corrected chi connectivity index (χ3v) is 5.01. The zero-order chi connectivity index (χ0) is 17.5. The van der Waals surface area contributed by atoms with Crippen molar-refractivity contribution in [2.45, 2.75) is 46.6 Å². The van der Waals surface area contributed by atoms with Crippen LogP contribution in [-0.4, -0.2) is 34.3 Å². The summed E-state index contributed by atoms with van der Waals surface area (Å²) in [7, 11) is 3.82. The number of thiazole rings is 1. The molecule has 2 rings (SSSR count). The average Bonchev–Trinajstić information content (AvgIpc) is 3.13. The summed E-state index contributed by atoms with van der Waals surface area (Å²) in [6.07, 6.45) is 2.84. The Labute approximate surface area is 148 Å². The van der Waals surface area contributed by atoms with E-state index in [-0.39, 0.29) is 0 Å². The van der Waals surface area contributed by atoms with Crippen molar-refractivity contribution in [3.8, 4) is 0 Å². The first-order valence-corrected chi connectivity index (χ1v) is 9.36. The molecule has 0 aliphatic heterocycles. The van der Waals surface area contributed by atoms with E-state index in [0.29, 0.717) is 0 Å². The Morgan fingerprint density at radius 2 is 2.08 bits per heavy atom. The Bertz CT molecular complexity index is 685. The van der Waals surface area contributed by atoms with Gasteiger partial charge in [-0.25, -0.2) is 4.98 Å². The third-order valence-electron chi connectivity index (χ3n) is 3.98. The SMILES string of the molecule is CCc1nn(C)c(CC)c1CNC(=NC)NCCc1nc(C)cs1. The third kappa shape index (κ3) is 4.56. The van der Waals surface area contributed by atoms with Crippen LogP contribution < -0.4 is 10.6 Å². The summed E-state index contributed by atoms with van der Waals surface area (Å²) in [5, 5.41) is 14.6. The molecule has 6 nitrogen and oxygen atoms in total. The van der Waals surface area contributed by atoms with E-state index >= 15 is 0 Å². The number of nitrogens with zero attached hydrogens (tertiary/aromatic N) is 4. The number of rotatable bonds is 7. The fourth-order valence-corrected chi connectivity index (χ4v) is 3.57. The molecule has 0 spiro atoms. The fraction of sp³-hybridized carbons (Fsp3) is 0.588. The van der Waals surface area contributed by atoms with Crippen LogP contribution in [0.4, 0.5) is 0 Å². The van der Waals surface area contributed by atoms with Crippen LogP contribution in [0.2, 0.25) is 0 Å². The molecule has 2 aromatic heterocycles. The summed E-state index contributed by atoms with van der Waals surface area (Å²) < 4.78 is 2.00. The number of aromatic nitrogens is 3. The Morgan fingerprint density at radius 1 is 1.29 bits per heavy atom. The van der Waals surface area contributed by atoms with Crippen LogP contribution in [0.25, 0.3) is 0 Å². The van der Waals surface area contributed by atoms with Gasteiger partial charge in [0.25, 0.3) is 0 Å². The zero-order valence-electron chi connectivity index (χ0n) is 15.3. The van der Waals surface area contributed by atoms with Gasteiger partial charge in [-0.1, -0.05) is 13.8 Å². The molecule has 0 aromatic carbocycles. The molecule has 2 aromatic rings. The monoisotopic (exact) mass is 348 g/mol. The summed E-state index contributed by atoms with van der Waals surface area (Å²) in [6, 6.07) is 0. The highest BCUT2D eigenvalue weighted by Gasteiger charge is 2.13. The molecule has 0 amide bonds. The lowest BCUT2D eigenvalue weighted by Crippen LogP contribution is -2.38. The van der Waals surface area contributed by atoms with Crippen molar-refractivity contribution in [2.75, 3.05) is 13.6 Å². The second-order valence-electron chi connectivity index (χ2n) is 5.69. The first kappa shape index (κ1) is 18.4. The summed E-state index contributed by atoms with van der Waals surface area (Å²) in [4.78, 5) is 8.79. The molecule has 132 valence electrons. The lowest BCUT2D eigenvalue weighted by Gasteiger charge is -2.12. The van der Waals surface area contributed by atoms with Crippen LogP contribution >= 0.6 is 11.3 Å². The van der Waals surface area contributed by atoms with Gasteiger partial charge in [0.05, 0.1) is 10.7 Å². The van der Waals surface area contributed by atoms with Gasteiger partial charge in [-0.2, -0.15) is 5.10 Å². The minimum atomic E-state index is 0.746. The average molecular weight is 349 g/mol. The molecule has 2 N–H and O–H groups in total. The van der Waals surface area contributed by atoms with Crippen LogP contribution in [0, 0.1) is 6.92 Å². The fourth-order valence-electron chi connectivity index (χ4n) is 2.79. The Kier molecular flexibility index (Phi) is 6.78. The van der Waals surface area contributed by atoms with Crippen LogP contribution in [-0.2, 0) is 32.9 Å². The molecule has 0 unspecified atom stereocenters. The van der Waals surface area contributed by atoms with Gasteiger partial charge in [0.1, 0.15) is 0 Å². The highest BCUT2D eigenvalue weighted by molar-refractivity contribution is 7.09. The van der Waals surface area contributed by atoms with Crippen molar-refractivity contribution < 1.29 is 0 Å². The van der Waals surface area contributed by atoms with E-state index in [9.17, 15) is 0 Å². The molecule has 0 aliphatic rings. The quantitative estimate of drug-likeness (QED) is 0.595. The van der Waals surface area contributed by atoms with E-state index in [2.05, 4.69) is 44.9 Å². The highest BCUT2D eigenvalue weighted by atomic mass is 32.1. The summed E-state index contributed by atoms with van der Waals surface area (Å²) in [6.45, 7) is 7.91.